The van der Waals surface area contributed by atoms with Crippen molar-refractivity contribution < 1.29 is 23.6 Å². The fourth-order valence-electron chi connectivity index (χ4n) is 3.23. The molecule has 1 saturated heterocycles. The monoisotopic (exact) mass is 429 g/mol. The summed E-state index contributed by atoms with van der Waals surface area (Å²) >= 11 is 0. The number of aromatic nitrogens is 1. The van der Waals surface area contributed by atoms with Gasteiger partial charge in [-0.3, -0.25) is 4.79 Å². The first kappa shape index (κ1) is 23.2. The Morgan fingerprint density at radius 3 is 2.29 bits per heavy atom. The first-order valence-corrected chi connectivity index (χ1v) is 10.5. The molecular weight excluding hydrogens is 397 g/mol. The van der Waals surface area contributed by atoms with E-state index >= 15 is 0 Å². The first-order valence-electron chi connectivity index (χ1n) is 10.5. The fraction of sp³-hybridized carbons (Fsp3) is 0.545. The molecule has 168 valence electrons. The Labute approximate surface area is 183 Å². The van der Waals surface area contributed by atoms with Crippen molar-refractivity contribution in [2.24, 2.45) is 0 Å². The SMILES string of the molecule is CC(C)(C)OC(=O)NCCNC(=O)c1cc2c(B3OC(C)(C)C(C)(C)O3)cccc2[nH]1. The molecule has 0 spiro atoms. The highest BCUT2D eigenvalue weighted by atomic mass is 16.7. The Morgan fingerprint density at radius 1 is 1.06 bits per heavy atom. The second kappa shape index (κ2) is 8.20. The van der Waals surface area contributed by atoms with Gasteiger partial charge in [-0.05, 0) is 71.4 Å². The minimum absolute atomic E-state index is 0.262. The van der Waals surface area contributed by atoms with Gasteiger partial charge >= 0.3 is 13.2 Å². The van der Waals surface area contributed by atoms with Crippen LogP contribution in [0.3, 0.4) is 0 Å². The van der Waals surface area contributed by atoms with Gasteiger partial charge in [0.15, 0.2) is 0 Å². The number of rotatable bonds is 5. The number of ether oxygens (including phenoxy) is 1. The molecular formula is C22H32BN3O5. The number of fused-ring (bicyclic) bond motifs is 1. The van der Waals surface area contributed by atoms with Crippen molar-refractivity contribution in [3.05, 3.63) is 30.0 Å². The molecule has 0 unspecified atom stereocenters. The second-order valence-corrected chi connectivity index (χ2v) is 9.76. The Kier molecular flexibility index (Phi) is 6.13. The highest BCUT2D eigenvalue weighted by Crippen LogP contribution is 2.37. The van der Waals surface area contributed by atoms with Crippen molar-refractivity contribution in [2.45, 2.75) is 65.3 Å². The van der Waals surface area contributed by atoms with Crippen molar-refractivity contribution in [1.29, 1.82) is 0 Å². The van der Waals surface area contributed by atoms with Crippen molar-refractivity contribution in [3.8, 4) is 0 Å². The normalized spacial score (nSPS) is 17.6. The average molecular weight is 429 g/mol. The van der Waals surface area contributed by atoms with Crippen molar-refractivity contribution in [3.63, 3.8) is 0 Å². The third-order valence-corrected chi connectivity index (χ3v) is 5.53. The molecule has 8 nitrogen and oxygen atoms in total. The zero-order chi connectivity index (χ0) is 23.0. The molecule has 1 aromatic carbocycles. The summed E-state index contributed by atoms with van der Waals surface area (Å²) in [6.07, 6.45) is -0.514. The largest absolute Gasteiger partial charge is 0.495 e. The number of hydrogen-bond donors (Lipinski definition) is 3. The molecule has 0 atom stereocenters. The summed E-state index contributed by atoms with van der Waals surface area (Å²) in [6.45, 7) is 14.0. The molecule has 31 heavy (non-hydrogen) atoms. The van der Waals surface area contributed by atoms with Gasteiger partial charge in [-0.15, -0.1) is 0 Å². The lowest BCUT2D eigenvalue weighted by atomic mass is 9.77. The van der Waals surface area contributed by atoms with Gasteiger partial charge in [0.05, 0.1) is 11.2 Å². The van der Waals surface area contributed by atoms with Gasteiger partial charge in [0.25, 0.3) is 5.91 Å². The predicted molar refractivity (Wildman–Crippen MR) is 121 cm³/mol. The summed E-state index contributed by atoms with van der Waals surface area (Å²) in [6, 6.07) is 7.56. The number of benzene rings is 1. The second-order valence-electron chi connectivity index (χ2n) is 9.76. The Hall–Kier alpha value is -2.52. The zero-order valence-electron chi connectivity index (χ0n) is 19.3. The molecule has 1 fully saturated rings. The highest BCUT2D eigenvalue weighted by molar-refractivity contribution is 6.65. The third-order valence-electron chi connectivity index (χ3n) is 5.53. The number of aromatic amines is 1. The molecule has 2 heterocycles. The molecule has 0 radical (unpaired) electrons. The van der Waals surface area contributed by atoms with Crippen LogP contribution in [0, 0.1) is 0 Å². The van der Waals surface area contributed by atoms with Crippen LogP contribution in [0.4, 0.5) is 4.79 Å². The van der Waals surface area contributed by atoms with Crippen molar-refractivity contribution in [2.75, 3.05) is 13.1 Å². The molecule has 1 aliphatic rings. The number of carbonyl (C=O) groups excluding carboxylic acids is 2. The summed E-state index contributed by atoms with van der Waals surface area (Å²) in [5, 5.41) is 6.28. The van der Waals surface area contributed by atoms with E-state index in [1.807, 2.05) is 45.9 Å². The average Bonchev–Trinajstić information content (AvgIpc) is 3.15. The maximum Gasteiger partial charge on any atom is 0.495 e. The van der Waals surface area contributed by atoms with Crippen LogP contribution in [-0.4, -0.2) is 54.0 Å². The van der Waals surface area contributed by atoms with Crippen molar-refractivity contribution in [1.82, 2.24) is 15.6 Å². The smallest absolute Gasteiger partial charge is 0.444 e. The van der Waals surface area contributed by atoms with Crippen LogP contribution in [-0.2, 0) is 14.0 Å². The maximum atomic E-state index is 12.6. The van der Waals surface area contributed by atoms with E-state index < -0.39 is 30.0 Å². The van der Waals surface area contributed by atoms with E-state index in [4.69, 9.17) is 14.0 Å². The van der Waals surface area contributed by atoms with Crippen LogP contribution in [0.15, 0.2) is 24.3 Å². The number of nitrogens with one attached hydrogen (secondary N) is 3. The van der Waals surface area contributed by atoms with Gasteiger partial charge in [-0.1, -0.05) is 12.1 Å². The molecule has 3 rings (SSSR count). The quantitative estimate of drug-likeness (QED) is 0.501. The summed E-state index contributed by atoms with van der Waals surface area (Å²) in [5.74, 6) is -0.262. The molecule has 2 amide bonds. The topological polar surface area (TPSA) is 102 Å². The van der Waals surface area contributed by atoms with Crippen LogP contribution in [0.25, 0.3) is 10.9 Å². The Balaban J connectivity index is 1.65. The zero-order valence-corrected chi connectivity index (χ0v) is 19.3. The fourth-order valence-corrected chi connectivity index (χ4v) is 3.23. The number of H-pyrrole nitrogens is 1. The van der Waals surface area contributed by atoms with E-state index in [9.17, 15) is 9.59 Å². The van der Waals surface area contributed by atoms with E-state index in [1.54, 1.807) is 26.8 Å². The minimum Gasteiger partial charge on any atom is -0.444 e. The van der Waals surface area contributed by atoms with E-state index in [-0.39, 0.29) is 19.0 Å². The number of alkyl carbamates (subject to hydrolysis) is 1. The van der Waals surface area contributed by atoms with Gasteiger partial charge in [-0.25, -0.2) is 4.79 Å². The molecule has 2 aromatic rings. The van der Waals surface area contributed by atoms with Crippen LogP contribution >= 0.6 is 0 Å². The summed E-state index contributed by atoms with van der Waals surface area (Å²) < 4.78 is 17.5. The lowest BCUT2D eigenvalue weighted by Crippen LogP contribution is -2.41. The highest BCUT2D eigenvalue weighted by Gasteiger charge is 2.52. The molecule has 1 aromatic heterocycles. The van der Waals surface area contributed by atoms with E-state index in [0.29, 0.717) is 5.69 Å². The van der Waals surface area contributed by atoms with Crippen LogP contribution < -0.4 is 16.1 Å². The van der Waals surface area contributed by atoms with E-state index in [2.05, 4.69) is 15.6 Å². The van der Waals surface area contributed by atoms with E-state index in [1.165, 1.54) is 0 Å². The first-order chi connectivity index (χ1) is 14.3. The number of amides is 2. The van der Waals surface area contributed by atoms with Gasteiger partial charge in [0, 0.05) is 18.6 Å². The van der Waals surface area contributed by atoms with Gasteiger partial charge in [0.2, 0.25) is 0 Å². The minimum atomic E-state index is -0.563. The van der Waals surface area contributed by atoms with Crippen LogP contribution in [0.1, 0.15) is 59.0 Å². The lowest BCUT2D eigenvalue weighted by Gasteiger charge is -2.32. The van der Waals surface area contributed by atoms with E-state index in [0.717, 1.165) is 16.4 Å². The number of carbonyl (C=O) groups is 2. The van der Waals surface area contributed by atoms with Crippen molar-refractivity contribution >= 4 is 35.5 Å². The van der Waals surface area contributed by atoms with Crippen LogP contribution in [0.5, 0.6) is 0 Å². The molecule has 1 aliphatic heterocycles. The van der Waals surface area contributed by atoms with Crippen LogP contribution in [0.2, 0.25) is 0 Å². The van der Waals surface area contributed by atoms with Gasteiger partial charge in [-0.2, -0.15) is 0 Å². The number of hydrogen-bond acceptors (Lipinski definition) is 5. The Bertz CT molecular complexity index is 961. The summed E-state index contributed by atoms with van der Waals surface area (Å²) in [7, 11) is -0.515. The summed E-state index contributed by atoms with van der Waals surface area (Å²) in [5.41, 5.74) is 0.667. The lowest BCUT2D eigenvalue weighted by molar-refractivity contribution is 0.00578. The third kappa shape index (κ3) is 5.22. The molecule has 0 saturated carbocycles. The molecule has 9 heteroatoms. The maximum absolute atomic E-state index is 12.6. The van der Waals surface area contributed by atoms with Gasteiger partial charge < -0.3 is 29.7 Å². The standard InChI is InChI=1S/C22H32BN3O5/c1-20(2,3)29-19(28)25-12-11-24-18(27)17-13-14-15(9-8-10-16(14)26-17)23-30-21(4,5)22(6,7)31-23/h8-10,13,26H,11-12H2,1-7H3,(H,24,27)(H,25,28). The molecule has 3 N–H and O–H groups in total. The molecule has 0 aliphatic carbocycles. The van der Waals surface area contributed by atoms with Gasteiger partial charge in [0.1, 0.15) is 11.3 Å². The summed E-state index contributed by atoms with van der Waals surface area (Å²) in [4.78, 5) is 27.4. The predicted octanol–water partition coefficient (Wildman–Crippen LogP) is 2.72. The Morgan fingerprint density at radius 2 is 1.68 bits per heavy atom. The molecule has 0 bridgehead atoms.